The molecule has 2 rings (SSSR count). The highest BCUT2D eigenvalue weighted by atomic mass is 16.5. The van der Waals surface area contributed by atoms with E-state index in [1.54, 1.807) is 24.8 Å². The molecule has 0 saturated carbocycles. The standard InChI is InChI=1S/C14H21N3O4/c1-3-20-13(18)10-16-5-4-6-17(8-7-16)14(19)12-9-11(2)15-21-12/h9H,3-8,10H2,1-2H3. The van der Waals surface area contributed by atoms with Gasteiger partial charge in [-0.2, -0.15) is 0 Å². The van der Waals surface area contributed by atoms with E-state index in [0.717, 1.165) is 13.0 Å². The van der Waals surface area contributed by atoms with Crippen molar-refractivity contribution in [3.8, 4) is 0 Å². The van der Waals surface area contributed by atoms with Gasteiger partial charge in [-0.3, -0.25) is 14.5 Å². The van der Waals surface area contributed by atoms with E-state index in [-0.39, 0.29) is 24.2 Å². The zero-order chi connectivity index (χ0) is 15.2. The van der Waals surface area contributed by atoms with Crippen LogP contribution in [0.5, 0.6) is 0 Å². The Bertz CT molecular complexity index is 500. The number of carbonyl (C=O) groups excluding carboxylic acids is 2. The summed E-state index contributed by atoms with van der Waals surface area (Å²) >= 11 is 0. The van der Waals surface area contributed by atoms with Crippen LogP contribution in [-0.4, -0.2) is 66.2 Å². The number of rotatable bonds is 4. The van der Waals surface area contributed by atoms with Gasteiger partial charge in [0.1, 0.15) is 0 Å². The normalized spacial score (nSPS) is 16.6. The van der Waals surface area contributed by atoms with E-state index in [1.807, 2.05) is 4.90 Å². The highest BCUT2D eigenvalue weighted by Gasteiger charge is 2.23. The van der Waals surface area contributed by atoms with Crippen LogP contribution in [0.25, 0.3) is 0 Å². The first-order valence-electron chi connectivity index (χ1n) is 7.20. The lowest BCUT2D eigenvalue weighted by Gasteiger charge is -2.20. The summed E-state index contributed by atoms with van der Waals surface area (Å²) in [4.78, 5) is 27.5. The van der Waals surface area contributed by atoms with E-state index in [2.05, 4.69) is 5.16 Å². The molecule has 0 N–H and O–H groups in total. The zero-order valence-electron chi connectivity index (χ0n) is 12.5. The molecule has 0 spiro atoms. The molecule has 1 amide bonds. The Morgan fingerprint density at radius 3 is 2.81 bits per heavy atom. The van der Waals surface area contributed by atoms with E-state index in [9.17, 15) is 9.59 Å². The van der Waals surface area contributed by atoms with Crippen LogP contribution in [0.15, 0.2) is 10.6 Å². The van der Waals surface area contributed by atoms with Crippen LogP contribution in [0.4, 0.5) is 0 Å². The molecule has 1 aromatic rings. The number of nitrogens with zero attached hydrogens (tertiary/aromatic N) is 3. The van der Waals surface area contributed by atoms with Crippen molar-refractivity contribution in [2.24, 2.45) is 0 Å². The first kappa shape index (κ1) is 15.5. The molecule has 0 unspecified atom stereocenters. The van der Waals surface area contributed by atoms with Crippen LogP contribution in [-0.2, 0) is 9.53 Å². The maximum atomic E-state index is 12.3. The van der Waals surface area contributed by atoms with Crippen molar-refractivity contribution >= 4 is 11.9 Å². The second-order valence-electron chi connectivity index (χ2n) is 5.06. The highest BCUT2D eigenvalue weighted by molar-refractivity contribution is 5.91. The molecule has 21 heavy (non-hydrogen) atoms. The first-order valence-corrected chi connectivity index (χ1v) is 7.20. The van der Waals surface area contributed by atoms with Gasteiger partial charge >= 0.3 is 5.97 Å². The minimum absolute atomic E-state index is 0.145. The summed E-state index contributed by atoms with van der Waals surface area (Å²) in [5.74, 6) is -0.0944. The fourth-order valence-electron chi connectivity index (χ4n) is 2.34. The number of aromatic nitrogens is 1. The quantitative estimate of drug-likeness (QED) is 0.761. The molecule has 1 saturated heterocycles. The van der Waals surface area contributed by atoms with Crippen molar-refractivity contribution in [3.63, 3.8) is 0 Å². The van der Waals surface area contributed by atoms with Crippen LogP contribution < -0.4 is 0 Å². The molecule has 2 heterocycles. The molecule has 116 valence electrons. The molecule has 1 fully saturated rings. The van der Waals surface area contributed by atoms with Gasteiger partial charge in [0.15, 0.2) is 0 Å². The Morgan fingerprint density at radius 2 is 2.14 bits per heavy atom. The zero-order valence-corrected chi connectivity index (χ0v) is 12.5. The van der Waals surface area contributed by atoms with Gasteiger partial charge in [-0.25, -0.2) is 0 Å². The molecule has 0 atom stereocenters. The summed E-state index contributed by atoms with van der Waals surface area (Å²) in [7, 11) is 0. The number of amides is 1. The van der Waals surface area contributed by atoms with Crippen LogP contribution in [0.2, 0.25) is 0 Å². The van der Waals surface area contributed by atoms with E-state index in [0.29, 0.717) is 31.9 Å². The Balaban J connectivity index is 1.88. The molecular formula is C14H21N3O4. The molecule has 1 aliphatic rings. The van der Waals surface area contributed by atoms with Crippen LogP contribution in [0.1, 0.15) is 29.6 Å². The van der Waals surface area contributed by atoms with Gasteiger partial charge < -0.3 is 14.2 Å². The van der Waals surface area contributed by atoms with E-state index < -0.39 is 0 Å². The lowest BCUT2D eigenvalue weighted by atomic mass is 10.3. The third-order valence-corrected chi connectivity index (χ3v) is 3.37. The first-order chi connectivity index (χ1) is 10.1. The molecule has 0 aliphatic carbocycles. The summed E-state index contributed by atoms with van der Waals surface area (Å²) < 4.78 is 9.96. The summed E-state index contributed by atoms with van der Waals surface area (Å²) in [5.41, 5.74) is 0.692. The number of aryl methyl sites for hydroxylation is 1. The maximum absolute atomic E-state index is 12.3. The predicted molar refractivity (Wildman–Crippen MR) is 74.8 cm³/mol. The fraction of sp³-hybridized carbons (Fsp3) is 0.643. The molecule has 1 aliphatic heterocycles. The average molecular weight is 295 g/mol. The van der Waals surface area contributed by atoms with Gasteiger partial charge in [0.2, 0.25) is 5.76 Å². The molecule has 7 nitrogen and oxygen atoms in total. The summed E-state index contributed by atoms with van der Waals surface area (Å²) in [6.07, 6.45) is 0.818. The summed E-state index contributed by atoms with van der Waals surface area (Å²) in [6.45, 7) is 6.88. The topological polar surface area (TPSA) is 75.9 Å². The highest BCUT2D eigenvalue weighted by Crippen LogP contribution is 2.10. The molecule has 0 radical (unpaired) electrons. The van der Waals surface area contributed by atoms with Crippen LogP contribution >= 0.6 is 0 Å². The minimum Gasteiger partial charge on any atom is -0.465 e. The van der Waals surface area contributed by atoms with Crippen molar-refractivity contribution in [2.75, 3.05) is 39.3 Å². The number of hydrogen-bond acceptors (Lipinski definition) is 6. The van der Waals surface area contributed by atoms with Gasteiger partial charge in [0.25, 0.3) is 5.91 Å². The van der Waals surface area contributed by atoms with Crippen molar-refractivity contribution < 1.29 is 18.8 Å². The smallest absolute Gasteiger partial charge is 0.320 e. The third-order valence-electron chi connectivity index (χ3n) is 3.37. The third kappa shape index (κ3) is 4.29. The second kappa shape index (κ2) is 7.21. The Morgan fingerprint density at radius 1 is 1.33 bits per heavy atom. The van der Waals surface area contributed by atoms with E-state index in [1.165, 1.54) is 0 Å². The van der Waals surface area contributed by atoms with Gasteiger partial charge in [-0.05, 0) is 20.3 Å². The SMILES string of the molecule is CCOC(=O)CN1CCCN(C(=O)c2cc(C)no2)CC1. The van der Waals surface area contributed by atoms with Crippen molar-refractivity contribution in [3.05, 3.63) is 17.5 Å². The fourth-order valence-corrected chi connectivity index (χ4v) is 2.34. The van der Waals surface area contributed by atoms with Gasteiger partial charge in [-0.1, -0.05) is 5.16 Å². The van der Waals surface area contributed by atoms with E-state index in [4.69, 9.17) is 9.26 Å². The number of ether oxygens (including phenoxy) is 1. The monoisotopic (exact) mass is 295 g/mol. The number of hydrogen-bond donors (Lipinski definition) is 0. The molecule has 1 aromatic heterocycles. The number of carbonyl (C=O) groups is 2. The molecule has 0 bridgehead atoms. The van der Waals surface area contributed by atoms with Crippen molar-refractivity contribution in [1.82, 2.24) is 15.0 Å². The lowest BCUT2D eigenvalue weighted by molar-refractivity contribution is -0.144. The summed E-state index contributed by atoms with van der Waals surface area (Å²) in [6, 6.07) is 1.64. The molecule has 0 aromatic carbocycles. The Labute approximate surface area is 123 Å². The lowest BCUT2D eigenvalue weighted by Crippen LogP contribution is -2.37. The van der Waals surface area contributed by atoms with E-state index >= 15 is 0 Å². The largest absolute Gasteiger partial charge is 0.465 e. The number of esters is 1. The Kier molecular flexibility index (Phi) is 5.32. The van der Waals surface area contributed by atoms with Crippen molar-refractivity contribution in [1.29, 1.82) is 0 Å². The molecular weight excluding hydrogens is 274 g/mol. The predicted octanol–water partition coefficient (Wildman–Crippen LogP) is 0.694. The maximum Gasteiger partial charge on any atom is 0.320 e. The average Bonchev–Trinajstić information content (AvgIpc) is 2.75. The van der Waals surface area contributed by atoms with Crippen LogP contribution in [0, 0.1) is 6.92 Å². The van der Waals surface area contributed by atoms with Gasteiger partial charge in [-0.15, -0.1) is 0 Å². The van der Waals surface area contributed by atoms with Gasteiger partial charge in [0, 0.05) is 32.2 Å². The van der Waals surface area contributed by atoms with Crippen molar-refractivity contribution in [2.45, 2.75) is 20.3 Å². The Hall–Kier alpha value is -1.89. The second-order valence-corrected chi connectivity index (χ2v) is 5.06. The molecule has 7 heteroatoms. The summed E-state index contributed by atoms with van der Waals surface area (Å²) in [5, 5.41) is 3.74. The van der Waals surface area contributed by atoms with Gasteiger partial charge in [0.05, 0.1) is 18.8 Å². The van der Waals surface area contributed by atoms with Crippen LogP contribution in [0.3, 0.4) is 0 Å². The minimum atomic E-state index is -0.219.